The quantitative estimate of drug-likeness (QED) is 0.258. The van der Waals surface area contributed by atoms with E-state index >= 15 is 0 Å². The molecule has 1 aromatic carbocycles. The molecule has 6 N–H and O–H groups in total. The first-order chi connectivity index (χ1) is 14.0. The number of amides is 3. The molecule has 0 bridgehead atoms. The van der Waals surface area contributed by atoms with E-state index in [-0.39, 0.29) is 16.5 Å². The normalized spacial score (nSPS) is 13.6. The van der Waals surface area contributed by atoms with Crippen molar-refractivity contribution in [1.82, 2.24) is 16.0 Å². The molecule has 0 unspecified atom stereocenters. The van der Waals surface area contributed by atoms with Crippen LogP contribution in [0.5, 0.6) is 0 Å². The van der Waals surface area contributed by atoms with Crippen LogP contribution in [0.2, 0.25) is 5.02 Å². The second kappa shape index (κ2) is 11.1. The molecular formula is C19H25ClN4O6. The first-order valence-electron chi connectivity index (χ1n) is 9.10. The van der Waals surface area contributed by atoms with Crippen molar-refractivity contribution in [3.63, 3.8) is 0 Å². The molecule has 0 aliphatic rings. The summed E-state index contributed by atoms with van der Waals surface area (Å²) in [4.78, 5) is 58.8. The van der Waals surface area contributed by atoms with E-state index < -0.39 is 48.2 Å². The van der Waals surface area contributed by atoms with Crippen LogP contribution in [0.15, 0.2) is 18.2 Å². The van der Waals surface area contributed by atoms with Gasteiger partial charge in [-0.1, -0.05) is 25.4 Å². The average molecular weight is 441 g/mol. The fourth-order valence-corrected chi connectivity index (χ4v) is 2.61. The monoisotopic (exact) mass is 440 g/mol. The molecule has 0 aliphatic heterocycles. The van der Waals surface area contributed by atoms with Gasteiger partial charge in [-0.05, 0) is 31.0 Å². The number of nitrogen functional groups attached to an aromatic ring is 1. The van der Waals surface area contributed by atoms with Gasteiger partial charge in [0.1, 0.15) is 18.4 Å². The number of rotatable bonds is 10. The van der Waals surface area contributed by atoms with Gasteiger partial charge < -0.3 is 31.6 Å². The zero-order chi connectivity index (χ0) is 23.0. The van der Waals surface area contributed by atoms with Crippen molar-refractivity contribution in [2.75, 3.05) is 5.73 Å². The van der Waals surface area contributed by atoms with Crippen LogP contribution in [-0.2, 0) is 19.2 Å². The predicted octanol–water partition coefficient (Wildman–Crippen LogP) is 0.340. The largest absolute Gasteiger partial charge is 0.481 e. The summed E-state index contributed by atoms with van der Waals surface area (Å²) in [6.07, 6.45) is -0.278. The number of anilines is 1. The van der Waals surface area contributed by atoms with Gasteiger partial charge in [0.05, 0.1) is 23.2 Å². The minimum atomic E-state index is -1.26. The summed E-state index contributed by atoms with van der Waals surface area (Å²) in [5.41, 5.74) is 6.14. The smallest absolute Gasteiger partial charge is 0.305 e. The van der Waals surface area contributed by atoms with E-state index in [1.807, 2.05) is 0 Å². The molecule has 164 valence electrons. The summed E-state index contributed by atoms with van der Waals surface area (Å²) in [7, 11) is 0. The number of aliphatic carboxylic acids is 1. The Morgan fingerprint density at radius 2 is 1.73 bits per heavy atom. The summed E-state index contributed by atoms with van der Waals surface area (Å²) in [6.45, 7) is 4.79. The number of aldehydes is 1. The number of carbonyl (C=O) groups excluding carboxylic acids is 4. The van der Waals surface area contributed by atoms with Crippen LogP contribution >= 0.6 is 11.6 Å². The van der Waals surface area contributed by atoms with Crippen molar-refractivity contribution in [3.8, 4) is 0 Å². The molecule has 1 aromatic rings. The molecule has 0 spiro atoms. The van der Waals surface area contributed by atoms with Crippen LogP contribution in [-0.4, -0.2) is 53.2 Å². The first kappa shape index (κ1) is 24.9. The summed E-state index contributed by atoms with van der Waals surface area (Å²) in [5.74, 6) is -3.48. The lowest BCUT2D eigenvalue weighted by Crippen LogP contribution is -2.55. The Labute approximate surface area is 178 Å². The van der Waals surface area contributed by atoms with E-state index in [0.717, 1.165) is 0 Å². The van der Waals surface area contributed by atoms with Gasteiger partial charge in [-0.25, -0.2) is 0 Å². The molecule has 30 heavy (non-hydrogen) atoms. The second-order valence-electron chi connectivity index (χ2n) is 7.01. The number of nitrogens with two attached hydrogens (primary N) is 1. The summed E-state index contributed by atoms with van der Waals surface area (Å²) >= 11 is 5.92. The van der Waals surface area contributed by atoms with Gasteiger partial charge in [0.15, 0.2) is 0 Å². The minimum absolute atomic E-state index is 0.199. The molecule has 0 saturated carbocycles. The average Bonchev–Trinajstić information content (AvgIpc) is 2.66. The van der Waals surface area contributed by atoms with Crippen molar-refractivity contribution < 1.29 is 29.1 Å². The minimum Gasteiger partial charge on any atom is -0.481 e. The number of carbonyl (C=O) groups is 5. The highest BCUT2D eigenvalue weighted by Gasteiger charge is 2.28. The third-order valence-corrected chi connectivity index (χ3v) is 4.46. The lowest BCUT2D eigenvalue weighted by Gasteiger charge is -2.24. The highest BCUT2D eigenvalue weighted by atomic mass is 35.5. The molecule has 11 heteroatoms. The van der Waals surface area contributed by atoms with E-state index in [4.69, 9.17) is 22.4 Å². The Morgan fingerprint density at radius 3 is 2.23 bits per heavy atom. The maximum atomic E-state index is 12.6. The molecule has 0 saturated heterocycles. The number of halogens is 1. The van der Waals surface area contributed by atoms with Gasteiger partial charge in [0.25, 0.3) is 5.91 Å². The zero-order valence-corrected chi connectivity index (χ0v) is 17.5. The van der Waals surface area contributed by atoms with E-state index in [2.05, 4.69) is 16.0 Å². The van der Waals surface area contributed by atoms with Crippen LogP contribution < -0.4 is 21.7 Å². The molecule has 3 amide bonds. The zero-order valence-electron chi connectivity index (χ0n) is 16.8. The lowest BCUT2D eigenvalue weighted by molar-refractivity contribution is -0.139. The van der Waals surface area contributed by atoms with Crippen LogP contribution in [0, 0.1) is 5.92 Å². The second-order valence-corrected chi connectivity index (χ2v) is 7.42. The third-order valence-electron chi connectivity index (χ3n) is 4.14. The summed E-state index contributed by atoms with van der Waals surface area (Å²) < 4.78 is 0. The van der Waals surface area contributed by atoms with Crippen molar-refractivity contribution >= 4 is 47.3 Å². The highest BCUT2D eigenvalue weighted by molar-refractivity contribution is 6.33. The molecule has 10 nitrogen and oxygen atoms in total. The molecule has 0 heterocycles. The maximum Gasteiger partial charge on any atom is 0.305 e. The van der Waals surface area contributed by atoms with E-state index in [1.165, 1.54) is 25.1 Å². The Balaban J connectivity index is 2.79. The molecule has 0 aliphatic carbocycles. The molecule has 0 radical (unpaired) electrons. The number of hydrogen-bond acceptors (Lipinski definition) is 6. The van der Waals surface area contributed by atoms with Gasteiger partial charge in [-0.2, -0.15) is 0 Å². The summed E-state index contributed by atoms with van der Waals surface area (Å²) in [6, 6.07) is 1.05. The van der Waals surface area contributed by atoms with Crippen LogP contribution in [0.3, 0.4) is 0 Å². The number of carboxylic acids is 1. The van der Waals surface area contributed by atoms with E-state index in [0.29, 0.717) is 12.0 Å². The number of hydrogen-bond donors (Lipinski definition) is 5. The number of benzene rings is 1. The Morgan fingerprint density at radius 1 is 1.10 bits per heavy atom. The van der Waals surface area contributed by atoms with Gasteiger partial charge >= 0.3 is 5.97 Å². The Hall–Kier alpha value is -3.14. The molecule has 0 aromatic heterocycles. The Bertz CT molecular complexity index is 829. The number of carboxylic acid groups (broad SMARTS) is 1. The van der Waals surface area contributed by atoms with Gasteiger partial charge in [0, 0.05) is 5.56 Å². The lowest BCUT2D eigenvalue weighted by atomic mass is 10.0. The standard InChI is InChI=1S/C19H25ClN4O6/c1-9(2)16(24-18(29)11-4-5-14(21)13(20)6-11)19(30)22-10(3)17(28)23-12(8-25)7-15(26)27/h4-6,8-10,12,16H,7,21H2,1-3H3,(H,22,30)(H,23,28)(H,24,29)(H,26,27)/t10-,12-,16-/m0/s1. The van der Waals surface area contributed by atoms with Crippen molar-refractivity contribution in [1.29, 1.82) is 0 Å². The van der Waals surface area contributed by atoms with Crippen LogP contribution in [0.4, 0.5) is 5.69 Å². The van der Waals surface area contributed by atoms with Crippen molar-refractivity contribution in [2.45, 2.75) is 45.3 Å². The number of nitrogens with one attached hydrogen (secondary N) is 3. The first-order valence-corrected chi connectivity index (χ1v) is 9.47. The third kappa shape index (κ3) is 7.36. The predicted molar refractivity (Wildman–Crippen MR) is 110 cm³/mol. The topological polar surface area (TPSA) is 168 Å². The van der Waals surface area contributed by atoms with Crippen LogP contribution in [0.25, 0.3) is 0 Å². The van der Waals surface area contributed by atoms with Crippen molar-refractivity contribution in [3.05, 3.63) is 28.8 Å². The fraction of sp³-hybridized carbons (Fsp3) is 0.421. The SMILES string of the molecule is CC(C)[C@H](NC(=O)c1ccc(N)c(Cl)c1)C(=O)N[C@@H](C)C(=O)N[C@H](C=O)CC(=O)O. The fourth-order valence-electron chi connectivity index (χ4n) is 2.43. The summed E-state index contributed by atoms with van der Waals surface area (Å²) in [5, 5.41) is 16.2. The molecular weight excluding hydrogens is 416 g/mol. The Kier molecular flexibility index (Phi) is 9.25. The molecule has 1 rings (SSSR count). The van der Waals surface area contributed by atoms with Gasteiger partial charge in [-0.3, -0.25) is 19.2 Å². The van der Waals surface area contributed by atoms with Gasteiger partial charge in [-0.15, -0.1) is 0 Å². The van der Waals surface area contributed by atoms with Crippen LogP contribution in [0.1, 0.15) is 37.6 Å². The van der Waals surface area contributed by atoms with E-state index in [9.17, 15) is 24.0 Å². The molecule has 0 fully saturated rings. The molecule has 3 atom stereocenters. The van der Waals surface area contributed by atoms with Gasteiger partial charge in [0.2, 0.25) is 11.8 Å². The van der Waals surface area contributed by atoms with E-state index in [1.54, 1.807) is 13.8 Å². The highest BCUT2D eigenvalue weighted by Crippen LogP contribution is 2.19. The van der Waals surface area contributed by atoms with Crippen molar-refractivity contribution in [2.24, 2.45) is 5.92 Å². The maximum absolute atomic E-state index is 12.6.